The summed E-state index contributed by atoms with van der Waals surface area (Å²) in [7, 11) is 0. The Balaban J connectivity index is 1.98. The summed E-state index contributed by atoms with van der Waals surface area (Å²) in [6.07, 6.45) is 11.6. The van der Waals surface area contributed by atoms with Crippen LogP contribution < -0.4 is 5.73 Å². The van der Waals surface area contributed by atoms with E-state index in [0.29, 0.717) is 6.04 Å². The Kier molecular flexibility index (Phi) is 8.74. The van der Waals surface area contributed by atoms with Crippen molar-refractivity contribution in [2.45, 2.75) is 70.8 Å². The minimum atomic E-state index is 0.301. The van der Waals surface area contributed by atoms with Gasteiger partial charge < -0.3 is 5.73 Å². The molecule has 0 saturated heterocycles. The SMILES string of the molecule is CCCCCCCCCC(N)Cc1ccc(Cl)s1. The van der Waals surface area contributed by atoms with Gasteiger partial charge in [0, 0.05) is 10.9 Å². The van der Waals surface area contributed by atoms with E-state index in [0.717, 1.165) is 17.2 Å². The molecule has 1 unspecified atom stereocenters. The third-order valence-corrected chi connectivity index (χ3v) is 4.52. The van der Waals surface area contributed by atoms with Gasteiger partial charge in [-0.3, -0.25) is 0 Å². The van der Waals surface area contributed by atoms with Gasteiger partial charge >= 0.3 is 0 Å². The second-order valence-corrected chi connectivity index (χ2v) is 6.88. The van der Waals surface area contributed by atoms with Gasteiger partial charge in [-0.1, -0.05) is 63.5 Å². The maximum Gasteiger partial charge on any atom is 0.0931 e. The van der Waals surface area contributed by atoms with Crippen LogP contribution >= 0.6 is 22.9 Å². The first-order valence-corrected chi connectivity index (χ1v) is 8.41. The molecule has 0 fully saturated rings. The summed E-state index contributed by atoms with van der Waals surface area (Å²) in [6, 6.07) is 4.36. The molecule has 1 aromatic rings. The first-order valence-electron chi connectivity index (χ1n) is 7.22. The first-order chi connectivity index (χ1) is 8.72. The van der Waals surface area contributed by atoms with E-state index in [1.807, 2.05) is 6.07 Å². The van der Waals surface area contributed by atoms with E-state index < -0.39 is 0 Å². The fourth-order valence-corrected chi connectivity index (χ4v) is 3.37. The van der Waals surface area contributed by atoms with Crippen molar-refractivity contribution in [1.82, 2.24) is 0 Å². The van der Waals surface area contributed by atoms with Crippen molar-refractivity contribution < 1.29 is 0 Å². The molecule has 0 saturated carbocycles. The molecule has 1 nitrogen and oxygen atoms in total. The van der Waals surface area contributed by atoms with Gasteiger partial charge in [-0.15, -0.1) is 11.3 Å². The Morgan fingerprint density at radius 1 is 1.11 bits per heavy atom. The summed E-state index contributed by atoms with van der Waals surface area (Å²) in [5.74, 6) is 0. The molecule has 104 valence electrons. The van der Waals surface area contributed by atoms with Crippen molar-refractivity contribution in [2.75, 3.05) is 0 Å². The normalized spacial score (nSPS) is 12.8. The zero-order valence-electron chi connectivity index (χ0n) is 11.5. The van der Waals surface area contributed by atoms with Crippen molar-refractivity contribution >= 4 is 22.9 Å². The van der Waals surface area contributed by atoms with E-state index in [2.05, 4.69) is 13.0 Å². The van der Waals surface area contributed by atoms with Crippen molar-refractivity contribution in [3.05, 3.63) is 21.3 Å². The monoisotopic (exact) mass is 287 g/mol. The van der Waals surface area contributed by atoms with Crippen LogP contribution in [-0.2, 0) is 6.42 Å². The standard InChI is InChI=1S/C15H26ClNS/c1-2-3-4-5-6-7-8-9-13(17)12-14-10-11-15(16)18-14/h10-11,13H,2-9,12,17H2,1H3. The molecule has 1 heterocycles. The molecule has 3 heteroatoms. The van der Waals surface area contributed by atoms with Crippen LogP contribution in [0.5, 0.6) is 0 Å². The number of unbranched alkanes of at least 4 members (excludes halogenated alkanes) is 6. The Bertz CT molecular complexity index is 311. The molecular formula is C15H26ClNS. The van der Waals surface area contributed by atoms with Crippen LogP contribution in [0.1, 0.15) is 63.2 Å². The highest BCUT2D eigenvalue weighted by Gasteiger charge is 2.06. The molecule has 2 N–H and O–H groups in total. The Morgan fingerprint density at radius 3 is 2.39 bits per heavy atom. The number of hydrogen-bond acceptors (Lipinski definition) is 2. The number of nitrogens with two attached hydrogens (primary N) is 1. The zero-order valence-corrected chi connectivity index (χ0v) is 13.0. The summed E-state index contributed by atoms with van der Waals surface area (Å²) in [4.78, 5) is 1.32. The van der Waals surface area contributed by atoms with Crippen LogP contribution in [0.15, 0.2) is 12.1 Å². The number of rotatable bonds is 10. The van der Waals surface area contributed by atoms with Gasteiger partial charge in [0.2, 0.25) is 0 Å². The lowest BCUT2D eigenvalue weighted by Gasteiger charge is -2.09. The predicted octanol–water partition coefficient (Wildman–Crippen LogP) is 5.41. The van der Waals surface area contributed by atoms with Crippen molar-refractivity contribution in [1.29, 1.82) is 0 Å². The fraction of sp³-hybridized carbons (Fsp3) is 0.733. The minimum absolute atomic E-state index is 0.301. The van der Waals surface area contributed by atoms with E-state index in [1.54, 1.807) is 11.3 Å². The molecule has 1 atom stereocenters. The minimum Gasteiger partial charge on any atom is -0.327 e. The lowest BCUT2D eigenvalue weighted by Crippen LogP contribution is -2.22. The molecule has 0 bridgehead atoms. The smallest absolute Gasteiger partial charge is 0.0931 e. The van der Waals surface area contributed by atoms with Crippen LogP contribution in [0.4, 0.5) is 0 Å². The van der Waals surface area contributed by atoms with Crippen LogP contribution in [0, 0.1) is 0 Å². The van der Waals surface area contributed by atoms with Crippen LogP contribution in [0.2, 0.25) is 4.34 Å². The summed E-state index contributed by atoms with van der Waals surface area (Å²) in [6.45, 7) is 2.26. The molecule has 0 spiro atoms. The molecule has 1 rings (SSSR count). The van der Waals surface area contributed by atoms with Gasteiger partial charge in [0.15, 0.2) is 0 Å². The molecule has 0 aliphatic heterocycles. The van der Waals surface area contributed by atoms with Crippen molar-refractivity contribution in [3.63, 3.8) is 0 Å². The highest BCUT2D eigenvalue weighted by atomic mass is 35.5. The molecule has 18 heavy (non-hydrogen) atoms. The molecule has 0 aromatic carbocycles. The van der Waals surface area contributed by atoms with Crippen LogP contribution in [0.3, 0.4) is 0 Å². The molecule has 0 amide bonds. The van der Waals surface area contributed by atoms with Gasteiger partial charge in [0.1, 0.15) is 0 Å². The first kappa shape index (κ1) is 16.0. The van der Waals surface area contributed by atoms with Crippen LogP contribution in [0.25, 0.3) is 0 Å². The van der Waals surface area contributed by atoms with E-state index in [9.17, 15) is 0 Å². The lowest BCUT2D eigenvalue weighted by molar-refractivity contribution is 0.530. The molecule has 0 aliphatic rings. The second-order valence-electron chi connectivity index (χ2n) is 5.08. The molecule has 1 aromatic heterocycles. The lowest BCUT2D eigenvalue weighted by atomic mass is 10.0. The largest absolute Gasteiger partial charge is 0.327 e. The average Bonchev–Trinajstić information content (AvgIpc) is 2.73. The van der Waals surface area contributed by atoms with Crippen molar-refractivity contribution in [2.24, 2.45) is 5.73 Å². The number of hydrogen-bond donors (Lipinski definition) is 1. The molecule has 0 aliphatic carbocycles. The topological polar surface area (TPSA) is 26.0 Å². The number of thiophene rings is 1. The predicted molar refractivity (Wildman–Crippen MR) is 83.6 cm³/mol. The van der Waals surface area contributed by atoms with Gasteiger partial charge in [-0.2, -0.15) is 0 Å². The second kappa shape index (κ2) is 9.82. The summed E-state index contributed by atoms with van der Waals surface area (Å²) < 4.78 is 0.869. The van der Waals surface area contributed by atoms with Crippen molar-refractivity contribution in [3.8, 4) is 0 Å². The maximum atomic E-state index is 6.14. The summed E-state index contributed by atoms with van der Waals surface area (Å²) in [5, 5.41) is 0. The summed E-state index contributed by atoms with van der Waals surface area (Å²) in [5.41, 5.74) is 6.14. The van der Waals surface area contributed by atoms with E-state index in [1.165, 1.54) is 49.8 Å². The average molecular weight is 288 g/mol. The van der Waals surface area contributed by atoms with Gasteiger partial charge in [0.25, 0.3) is 0 Å². The van der Waals surface area contributed by atoms with Gasteiger partial charge in [-0.05, 0) is 25.0 Å². The Labute approximate surface area is 121 Å². The maximum absolute atomic E-state index is 6.14. The third kappa shape index (κ3) is 7.40. The Morgan fingerprint density at radius 2 is 1.78 bits per heavy atom. The molecule has 0 radical (unpaired) electrons. The van der Waals surface area contributed by atoms with Gasteiger partial charge in [0.05, 0.1) is 4.34 Å². The van der Waals surface area contributed by atoms with E-state index in [4.69, 9.17) is 17.3 Å². The highest BCUT2D eigenvalue weighted by molar-refractivity contribution is 7.16. The van der Waals surface area contributed by atoms with Gasteiger partial charge in [-0.25, -0.2) is 0 Å². The van der Waals surface area contributed by atoms with Crippen LogP contribution in [-0.4, -0.2) is 6.04 Å². The quantitative estimate of drug-likeness (QED) is 0.572. The van der Waals surface area contributed by atoms with E-state index in [-0.39, 0.29) is 0 Å². The molecular weight excluding hydrogens is 262 g/mol. The summed E-state index contributed by atoms with van der Waals surface area (Å²) >= 11 is 7.56. The number of halogens is 1. The third-order valence-electron chi connectivity index (χ3n) is 3.27. The zero-order chi connectivity index (χ0) is 13.2. The Hall–Kier alpha value is -0.0500. The fourth-order valence-electron chi connectivity index (χ4n) is 2.19. The highest BCUT2D eigenvalue weighted by Crippen LogP contribution is 2.23. The van der Waals surface area contributed by atoms with E-state index >= 15 is 0 Å².